The fraction of sp³-hybridized carbons (Fsp3) is 0.261. The summed E-state index contributed by atoms with van der Waals surface area (Å²) in [5.74, 6) is 0.439. The maximum Gasteiger partial charge on any atom is 0.409 e. The second-order valence-corrected chi connectivity index (χ2v) is 8.28. The highest BCUT2D eigenvalue weighted by Crippen LogP contribution is 2.30. The molecule has 0 bridgehead atoms. The molecule has 0 aliphatic carbocycles. The van der Waals surface area contributed by atoms with Crippen molar-refractivity contribution in [2.24, 2.45) is 0 Å². The molecule has 0 saturated carbocycles. The largest absolute Gasteiger partial charge is 0.465 e. The van der Waals surface area contributed by atoms with Gasteiger partial charge < -0.3 is 20.1 Å². The Morgan fingerprint density at radius 1 is 1.09 bits per heavy atom. The fourth-order valence-corrected chi connectivity index (χ4v) is 4.02. The van der Waals surface area contributed by atoms with Crippen LogP contribution in [0.25, 0.3) is 0 Å². The quantitative estimate of drug-likeness (QED) is 0.391. The summed E-state index contributed by atoms with van der Waals surface area (Å²) in [5.41, 5.74) is 4.72. The summed E-state index contributed by atoms with van der Waals surface area (Å²) in [6.45, 7) is 3.03. The number of nitrogens with one attached hydrogen (secondary N) is 2. The summed E-state index contributed by atoms with van der Waals surface area (Å²) in [7, 11) is 0. The van der Waals surface area contributed by atoms with Crippen LogP contribution in [0.4, 0.5) is 27.7 Å². The molecular weight excluding hydrogens is 465 g/mol. The molecule has 1 saturated heterocycles. The van der Waals surface area contributed by atoms with Gasteiger partial charge in [0.1, 0.15) is 5.02 Å². The molecule has 8 nitrogen and oxygen atoms in total. The highest BCUT2D eigenvalue weighted by Gasteiger charge is 2.16. The van der Waals surface area contributed by atoms with Crippen LogP contribution in [0.15, 0.2) is 48.7 Å². The molecule has 172 valence electrons. The van der Waals surface area contributed by atoms with Crippen molar-refractivity contribution in [3.63, 3.8) is 0 Å². The molecule has 3 N–H and O–H groups in total. The van der Waals surface area contributed by atoms with Gasteiger partial charge in [0.25, 0.3) is 0 Å². The van der Waals surface area contributed by atoms with E-state index < -0.39 is 6.09 Å². The lowest BCUT2D eigenvalue weighted by Gasteiger charge is -2.31. The van der Waals surface area contributed by atoms with Gasteiger partial charge in [0.05, 0.1) is 19.4 Å². The Balaban J connectivity index is 1.58. The average Bonchev–Trinajstić information content (AvgIpc) is 2.81. The van der Waals surface area contributed by atoms with E-state index in [2.05, 4.69) is 37.6 Å². The van der Waals surface area contributed by atoms with Crippen LogP contribution in [0.5, 0.6) is 0 Å². The molecule has 2 heterocycles. The number of hydrogen-bond donors (Lipinski definition) is 3. The monoisotopic (exact) mass is 487 g/mol. The number of hydrogen-bond acceptors (Lipinski definition) is 6. The Morgan fingerprint density at radius 3 is 2.70 bits per heavy atom. The SMILES string of the molecule is O=C(O)Nc1cccc(CCc2cc(Nc3nc(Cl)ncc3Cl)ccc2N2CCOCC2)c1. The minimum absolute atomic E-state index is 0.113. The summed E-state index contributed by atoms with van der Waals surface area (Å²) in [6, 6.07) is 13.6. The van der Waals surface area contributed by atoms with Crippen molar-refractivity contribution in [2.75, 3.05) is 41.8 Å². The van der Waals surface area contributed by atoms with E-state index in [1.165, 1.54) is 6.20 Å². The smallest absolute Gasteiger partial charge is 0.409 e. The maximum absolute atomic E-state index is 11.0. The number of rotatable bonds is 7. The van der Waals surface area contributed by atoms with Gasteiger partial charge in [-0.05, 0) is 65.9 Å². The number of halogens is 2. The molecule has 0 radical (unpaired) electrons. The molecule has 2 aromatic carbocycles. The molecule has 0 unspecified atom stereocenters. The predicted molar refractivity (Wildman–Crippen MR) is 130 cm³/mol. The first-order chi connectivity index (χ1) is 16.0. The van der Waals surface area contributed by atoms with Gasteiger partial charge in [-0.15, -0.1) is 0 Å². The van der Waals surface area contributed by atoms with Crippen molar-refractivity contribution in [2.45, 2.75) is 12.8 Å². The lowest BCUT2D eigenvalue weighted by Crippen LogP contribution is -2.36. The summed E-state index contributed by atoms with van der Waals surface area (Å²) >= 11 is 12.1. The fourth-order valence-electron chi connectivity index (χ4n) is 3.75. The highest BCUT2D eigenvalue weighted by atomic mass is 35.5. The van der Waals surface area contributed by atoms with E-state index in [9.17, 15) is 4.79 Å². The number of carbonyl (C=O) groups is 1. The number of aromatic nitrogens is 2. The third-order valence-electron chi connectivity index (χ3n) is 5.27. The Labute approximate surface area is 201 Å². The van der Waals surface area contributed by atoms with Crippen LogP contribution in [-0.2, 0) is 17.6 Å². The van der Waals surface area contributed by atoms with Gasteiger partial charge in [0.2, 0.25) is 5.28 Å². The van der Waals surface area contributed by atoms with Gasteiger partial charge in [0, 0.05) is 30.2 Å². The van der Waals surface area contributed by atoms with E-state index in [-0.39, 0.29) is 5.28 Å². The summed E-state index contributed by atoms with van der Waals surface area (Å²) in [6.07, 6.45) is 1.89. The number of benzene rings is 2. The first-order valence-corrected chi connectivity index (χ1v) is 11.2. The third-order valence-corrected chi connectivity index (χ3v) is 5.73. The van der Waals surface area contributed by atoms with Crippen LogP contribution in [0.2, 0.25) is 10.3 Å². The van der Waals surface area contributed by atoms with Crippen LogP contribution in [0.1, 0.15) is 11.1 Å². The number of ether oxygens (including phenoxy) is 1. The lowest BCUT2D eigenvalue weighted by atomic mass is 10.0. The van der Waals surface area contributed by atoms with Gasteiger partial charge >= 0.3 is 6.09 Å². The van der Waals surface area contributed by atoms with Crippen LogP contribution in [-0.4, -0.2) is 47.5 Å². The third kappa shape index (κ3) is 6.25. The molecule has 1 aliphatic rings. The minimum atomic E-state index is -1.08. The summed E-state index contributed by atoms with van der Waals surface area (Å²) in [4.78, 5) is 21.3. The normalized spacial score (nSPS) is 13.6. The minimum Gasteiger partial charge on any atom is -0.465 e. The zero-order valence-electron chi connectivity index (χ0n) is 17.7. The van der Waals surface area contributed by atoms with Crippen molar-refractivity contribution in [1.29, 1.82) is 0 Å². The summed E-state index contributed by atoms with van der Waals surface area (Å²) < 4.78 is 5.51. The van der Waals surface area contributed by atoms with Crippen LogP contribution in [0.3, 0.4) is 0 Å². The van der Waals surface area contributed by atoms with Crippen LogP contribution >= 0.6 is 23.2 Å². The van der Waals surface area contributed by atoms with E-state index >= 15 is 0 Å². The van der Waals surface area contributed by atoms with E-state index in [1.807, 2.05) is 24.3 Å². The number of amides is 1. The van der Waals surface area contributed by atoms with Crippen molar-refractivity contribution >= 4 is 52.2 Å². The molecule has 1 aliphatic heterocycles. The maximum atomic E-state index is 11.0. The second kappa shape index (κ2) is 10.7. The predicted octanol–water partition coefficient (Wildman–Crippen LogP) is 5.24. The van der Waals surface area contributed by atoms with Crippen molar-refractivity contribution in [1.82, 2.24) is 9.97 Å². The number of anilines is 4. The van der Waals surface area contributed by atoms with Gasteiger partial charge in [-0.25, -0.2) is 9.78 Å². The molecule has 1 fully saturated rings. The average molecular weight is 488 g/mol. The molecule has 4 rings (SSSR count). The molecule has 3 aromatic rings. The Kier molecular flexibility index (Phi) is 7.49. The lowest BCUT2D eigenvalue weighted by molar-refractivity contribution is 0.122. The second-order valence-electron chi connectivity index (χ2n) is 7.53. The highest BCUT2D eigenvalue weighted by molar-refractivity contribution is 6.33. The Hall–Kier alpha value is -3.07. The van der Waals surface area contributed by atoms with Gasteiger partial charge in [-0.2, -0.15) is 4.98 Å². The molecule has 1 amide bonds. The van der Waals surface area contributed by atoms with Gasteiger partial charge in [-0.3, -0.25) is 5.32 Å². The van der Waals surface area contributed by atoms with Gasteiger partial charge in [-0.1, -0.05) is 23.7 Å². The van der Waals surface area contributed by atoms with Gasteiger partial charge in [0.15, 0.2) is 5.82 Å². The summed E-state index contributed by atoms with van der Waals surface area (Å²) in [5, 5.41) is 15.1. The molecule has 1 aromatic heterocycles. The standard InChI is InChI=1S/C23H23Cl2N5O3/c24-19-14-26-22(25)29-21(19)27-18-6-7-20(30-8-10-33-11-9-30)16(13-18)5-4-15-2-1-3-17(12-15)28-23(31)32/h1-3,6-7,12-14,28H,4-5,8-11H2,(H,31,32)(H,26,27,29). The zero-order chi connectivity index (χ0) is 23.2. The Morgan fingerprint density at radius 2 is 1.91 bits per heavy atom. The molecular formula is C23H23Cl2N5O3. The van der Waals surface area contributed by atoms with Crippen LogP contribution < -0.4 is 15.5 Å². The molecule has 0 spiro atoms. The number of aryl methyl sites for hydroxylation is 2. The first-order valence-electron chi connectivity index (χ1n) is 10.5. The first kappa shape index (κ1) is 23.1. The number of nitrogens with zero attached hydrogens (tertiary/aromatic N) is 3. The van der Waals surface area contributed by atoms with E-state index in [1.54, 1.807) is 6.07 Å². The van der Waals surface area contributed by atoms with Crippen molar-refractivity contribution in [3.8, 4) is 0 Å². The number of carboxylic acid groups (broad SMARTS) is 1. The number of morpholine rings is 1. The topological polar surface area (TPSA) is 99.6 Å². The van der Waals surface area contributed by atoms with E-state index in [4.69, 9.17) is 33.0 Å². The van der Waals surface area contributed by atoms with Crippen molar-refractivity contribution in [3.05, 3.63) is 70.1 Å². The van der Waals surface area contributed by atoms with Crippen LogP contribution in [0, 0.1) is 0 Å². The van der Waals surface area contributed by atoms with E-state index in [0.29, 0.717) is 29.7 Å². The zero-order valence-corrected chi connectivity index (χ0v) is 19.2. The van der Waals surface area contributed by atoms with Crippen molar-refractivity contribution < 1.29 is 14.6 Å². The molecule has 0 atom stereocenters. The Bertz CT molecular complexity index is 1140. The van der Waals surface area contributed by atoms with E-state index in [0.717, 1.165) is 48.4 Å². The molecule has 33 heavy (non-hydrogen) atoms. The molecule has 10 heteroatoms.